The van der Waals surface area contributed by atoms with Gasteiger partial charge in [-0.2, -0.15) is 4.52 Å². The Balaban J connectivity index is 1.34. The fourth-order valence-electron chi connectivity index (χ4n) is 4.38. The number of hydrogen-bond acceptors (Lipinski definition) is 6. The van der Waals surface area contributed by atoms with E-state index in [2.05, 4.69) is 65.8 Å². The van der Waals surface area contributed by atoms with Crippen molar-refractivity contribution in [2.45, 2.75) is 64.0 Å². The second-order valence-corrected chi connectivity index (χ2v) is 9.69. The molecule has 2 aliphatic rings. The van der Waals surface area contributed by atoms with Crippen molar-refractivity contribution in [1.29, 1.82) is 0 Å². The van der Waals surface area contributed by atoms with Crippen molar-refractivity contribution in [3.05, 3.63) is 18.0 Å². The number of likely N-dealkylation sites (tertiary alicyclic amines) is 1. The smallest absolute Gasteiger partial charge is 0.178 e. The highest BCUT2D eigenvalue weighted by molar-refractivity contribution is 5.48. The molecule has 4 rings (SSSR count). The number of hydrogen-bond donors (Lipinski definition) is 0. The monoisotopic (exact) mass is 385 g/mol. The molecule has 0 N–H and O–H groups in total. The molecule has 2 aromatic rings. The minimum absolute atomic E-state index is 0.0744. The maximum absolute atomic E-state index is 4.84. The number of aromatic nitrogens is 4. The van der Waals surface area contributed by atoms with E-state index in [0.29, 0.717) is 6.04 Å². The molecule has 4 heterocycles. The first-order chi connectivity index (χ1) is 13.3. The Hall–Kier alpha value is -1.73. The molecule has 2 saturated heterocycles. The van der Waals surface area contributed by atoms with E-state index in [1.54, 1.807) is 0 Å². The van der Waals surface area contributed by atoms with Crippen LogP contribution in [-0.4, -0.2) is 82.0 Å². The van der Waals surface area contributed by atoms with E-state index in [-0.39, 0.29) is 5.41 Å². The Morgan fingerprint density at radius 3 is 2.64 bits per heavy atom. The van der Waals surface area contributed by atoms with Crippen molar-refractivity contribution in [3.8, 4) is 0 Å². The molecule has 1 unspecified atom stereocenters. The summed E-state index contributed by atoms with van der Waals surface area (Å²) in [4.78, 5) is 7.45. The van der Waals surface area contributed by atoms with Gasteiger partial charge in [-0.1, -0.05) is 27.2 Å². The van der Waals surface area contributed by atoms with Gasteiger partial charge in [-0.25, -0.2) is 0 Å². The van der Waals surface area contributed by atoms with E-state index >= 15 is 0 Å². The minimum Gasteiger partial charge on any atom is -0.352 e. The molecule has 0 saturated carbocycles. The van der Waals surface area contributed by atoms with Crippen LogP contribution in [0.2, 0.25) is 0 Å². The molecule has 7 nitrogen and oxygen atoms in total. The normalized spacial score (nSPS) is 22.2. The molecule has 1 atom stereocenters. The van der Waals surface area contributed by atoms with Crippen LogP contribution in [0.4, 0.5) is 5.82 Å². The van der Waals surface area contributed by atoms with Gasteiger partial charge in [0.1, 0.15) is 5.82 Å². The minimum atomic E-state index is -0.0744. The predicted octanol–water partition coefficient (Wildman–Crippen LogP) is 2.42. The van der Waals surface area contributed by atoms with E-state index < -0.39 is 0 Å². The highest BCUT2D eigenvalue weighted by Gasteiger charge is 2.32. The fraction of sp³-hybridized carbons (Fsp3) is 0.762. The van der Waals surface area contributed by atoms with Gasteiger partial charge in [0.2, 0.25) is 0 Å². The van der Waals surface area contributed by atoms with E-state index in [1.165, 1.54) is 38.8 Å². The maximum Gasteiger partial charge on any atom is 0.178 e. The summed E-state index contributed by atoms with van der Waals surface area (Å²) >= 11 is 0. The second-order valence-electron chi connectivity index (χ2n) is 9.69. The summed E-state index contributed by atoms with van der Waals surface area (Å²) in [5.74, 6) is 1.93. The molecule has 0 amide bonds. The zero-order chi connectivity index (χ0) is 19.9. The molecule has 154 valence electrons. The maximum atomic E-state index is 4.84. The average molecular weight is 386 g/mol. The highest BCUT2D eigenvalue weighted by atomic mass is 15.4. The molecule has 0 aliphatic carbocycles. The SMILES string of the molecule is CN1CCCCC1CCN(C)C1CN(c2ccc3nnc(C(C)(C)C)n3n2)C1. The van der Waals surface area contributed by atoms with Crippen LogP contribution in [0, 0.1) is 0 Å². The van der Waals surface area contributed by atoms with Gasteiger partial charge in [0, 0.05) is 30.6 Å². The Morgan fingerprint density at radius 1 is 1.14 bits per heavy atom. The molecule has 0 aromatic carbocycles. The Bertz CT molecular complexity index is 803. The van der Waals surface area contributed by atoms with E-state index in [0.717, 1.165) is 36.4 Å². The van der Waals surface area contributed by atoms with Gasteiger partial charge < -0.3 is 9.80 Å². The van der Waals surface area contributed by atoms with Crippen LogP contribution in [0.15, 0.2) is 12.1 Å². The van der Waals surface area contributed by atoms with Gasteiger partial charge in [-0.3, -0.25) is 4.90 Å². The van der Waals surface area contributed by atoms with E-state index in [9.17, 15) is 0 Å². The van der Waals surface area contributed by atoms with Gasteiger partial charge in [0.05, 0.1) is 0 Å². The number of nitrogens with zero attached hydrogens (tertiary/aromatic N) is 7. The van der Waals surface area contributed by atoms with Crippen LogP contribution in [-0.2, 0) is 5.41 Å². The topological polar surface area (TPSA) is 52.8 Å². The lowest BCUT2D eigenvalue weighted by Crippen LogP contribution is -2.59. The van der Waals surface area contributed by atoms with Crippen molar-refractivity contribution >= 4 is 11.5 Å². The van der Waals surface area contributed by atoms with Gasteiger partial charge in [-0.15, -0.1) is 15.3 Å². The molecule has 28 heavy (non-hydrogen) atoms. The molecule has 0 bridgehead atoms. The predicted molar refractivity (Wildman–Crippen MR) is 113 cm³/mol. The number of likely N-dealkylation sites (N-methyl/N-ethyl adjacent to an activating group) is 1. The zero-order valence-corrected chi connectivity index (χ0v) is 18.1. The highest BCUT2D eigenvalue weighted by Crippen LogP contribution is 2.25. The summed E-state index contributed by atoms with van der Waals surface area (Å²) in [7, 11) is 4.56. The summed E-state index contributed by atoms with van der Waals surface area (Å²) in [6.07, 6.45) is 5.40. The number of rotatable bonds is 5. The third-order valence-electron chi connectivity index (χ3n) is 6.47. The van der Waals surface area contributed by atoms with Gasteiger partial charge >= 0.3 is 0 Å². The van der Waals surface area contributed by atoms with Crippen molar-refractivity contribution < 1.29 is 0 Å². The molecular formula is C21H35N7. The summed E-state index contributed by atoms with van der Waals surface area (Å²) in [6.45, 7) is 11.0. The number of fused-ring (bicyclic) bond motifs is 1. The van der Waals surface area contributed by atoms with Crippen LogP contribution in [0.5, 0.6) is 0 Å². The Labute approximate surface area is 168 Å². The molecular weight excluding hydrogens is 350 g/mol. The van der Waals surface area contributed by atoms with Gasteiger partial charge in [0.25, 0.3) is 0 Å². The third kappa shape index (κ3) is 3.87. The first kappa shape index (κ1) is 19.6. The van der Waals surface area contributed by atoms with Crippen LogP contribution in [0.1, 0.15) is 52.3 Å². The largest absolute Gasteiger partial charge is 0.352 e. The first-order valence-corrected chi connectivity index (χ1v) is 10.7. The molecule has 7 heteroatoms. The van der Waals surface area contributed by atoms with Gasteiger partial charge in [-0.05, 0) is 58.6 Å². The Kier molecular flexibility index (Phi) is 5.31. The van der Waals surface area contributed by atoms with Crippen molar-refractivity contribution in [2.75, 3.05) is 45.2 Å². The summed E-state index contributed by atoms with van der Waals surface area (Å²) in [6, 6.07) is 5.49. The van der Waals surface area contributed by atoms with E-state index in [1.807, 2.05) is 10.6 Å². The molecule has 2 fully saturated rings. The first-order valence-electron chi connectivity index (χ1n) is 10.7. The van der Waals surface area contributed by atoms with Crippen molar-refractivity contribution in [1.82, 2.24) is 29.6 Å². The Morgan fingerprint density at radius 2 is 1.93 bits per heavy atom. The average Bonchev–Trinajstić information content (AvgIpc) is 3.03. The van der Waals surface area contributed by atoms with Crippen molar-refractivity contribution in [2.24, 2.45) is 0 Å². The third-order valence-corrected chi connectivity index (χ3v) is 6.47. The van der Waals surface area contributed by atoms with Crippen molar-refractivity contribution in [3.63, 3.8) is 0 Å². The lowest BCUT2D eigenvalue weighted by molar-refractivity contribution is 0.139. The summed E-state index contributed by atoms with van der Waals surface area (Å²) in [5.41, 5.74) is 0.745. The number of anilines is 1. The number of piperidine rings is 1. The van der Waals surface area contributed by atoms with E-state index in [4.69, 9.17) is 5.10 Å². The lowest BCUT2D eigenvalue weighted by atomic mass is 9.96. The fourth-order valence-corrected chi connectivity index (χ4v) is 4.38. The van der Waals surface area contributed by atoms with Crippen LogP contribution in [0.25, 0.3) is 5.65 Å². The van der Waals surface area contributed by atoms with Crippen LogP contribution >= 0.6 is 0 Å². The summed E-state index contributed by atoms with van der Waals surface area (Å²) < 4.78 is 1.91. The molecule has 2 aliphatic heterocycles. The zero-order valence-electron chi connectivity index (χ0n) is 18.1. The summed E-state index contributed by atoms with van der Waals surface area (Å²) in [5, 5.41) is 13.5. The standard InChI is InChI=1S/C21H35N7/c1-21(2,3)20-23-22-18-9-10-19(24-28(18)20)27-14-17(15-27)26(5)13-11-16-8-6-7-12-25(16)4/h9-10,16-17H,6-8,11-15H2,1-5H3. The van der Waals surface area contributed by atoms with Gasteiger partial charge in [0.15, 0.2) is 11.5 Å². The lowest BCUT2D eigenvalue weighted by Gasteiger charge is -2.45. The molecule has 0 radical (unpaired) electrons. The second kappa shape index (κ2) is 7.59. The van der Waals surface area contributed by atoms with Crippen LogP contribution < -0.4 is 4.90 Å². The molecule has 0 spiro atoms. The molecule has 2 aromatic heterocycles. The quantitative estimate of drug-likeness (QED) is 0.788. The van der Waals surface area contributed by atoms with Crippen LogP contribution in [0.3, 0.4) is 0 Å².